The van der Waals surface area contributed by atoms with Gasteiger partial charge in [-0.05, 0) is 24.7 Å². The molecule has 0 aromatic carbocycles. The van der Waals surface area contributed by atoms with E-state index in [4.69, 9.17) is 5.14 Å². The summed E-state index contributed by atoms with van der Waals surface area (Å²) in [7, 11) is -3.79. The molecule has 0 aliphatic rings. The molecule has 0 spiro atoms. The predicted octanol–water partition coefficient (Wildman–Crippen LogP) is 2.50. The lowest BCUT2D eigenvalue weighted by atomic mass is 9.84. The maximum Gasteiger partial charge on any atom is 0.249 e. The molecule has 1 aromatic rings. The molecular weight excluding hydrogens is 310 g/mol. The van der Waals surface area contributed by atoms with Crippen LogP contribution < -0.4 is 10.5 Å². The maximum atomic E-state index is 12.0. The Balaban J connectivity index is 2.68. The van der Waals surface area contributed by atoms with Crippen LogP contribution in [0.1, 0.15) is 46.2 Å². The topological polar surface area (TPSA) is 102 Å². The highest BCUT2D eigenvalue weighted by Crippen LogP contribution is 2.28. The number of sulfonamides is 1. The standard InChI is InChI=1S/C13H23N3O3S2/c1-8(7-13(3,4)5)6-10(17)16-12-15-9(2)11(20-12)21(14,18)19/h8H,6-7H2,1-5H3,(H2,14,18,19)(H,15,16,17). The third-order valence-electron chi connectivity index (χ3n) is 2.75. The van der Waals surface area contributed by atoms with Gasteiger partial charge in [0, 0.05) is 6.42 Å². The lowest BCUT2D eigenvalue weighted by molar-refractivity contribution is -0.117. The zero-order valence-electron chi connectivity index (χ0n) is 13.1. The fourth-order valence-corrected chi connectivity index (χ4v) is 4.18. The summed E-state index contributed by atoms with van der Waals surface area (Å²) in [6.07, 6.45) is 1.31. The van der Waals surface area contributed by atoms with Gasteiger partial charge in [0.1, 0.15) is 0 Å². The highest BCUT2D eigenvalue weighted by Gasteiger charge is 2.21. The Morgan fingerprint density at radius 1 is 1.43 bits per heavy atom. The van der Waals surface area contributed by atoms with E-state index in [0.29, 0.717) is 12.1 Å². The zero-order chi connectivity index (χ0) is 16.4. The summed E-state index contributed by atoms with van der Waals surface area (Å²) in [4.78, 5) is 16.0. The third-order valence-corrected chi connectivity index (χ3v) is 5.38. The van der Waals surface area contributed by atoms with Gasteiger partial charge in [-0.15, -0.1) is 0 Å². The second-order valence-corrected chi connectivity index (χ2v) is 9.31. The van der Waals surface area contributed by atoms with Crippen LogP contribution in [0.25, 0.3) is 0 Å². The molecule has 1 heterocycles. The lowest BCUT2D eigenvalue weighted by Gasteiger charge is -2.22. The minimum Gasteiger partial charge on any atom is -0.302 e. The molecule has 1 rings (SSSR count). The van der Waals surface area contributed by atoms with E-state index in [2.05, 4.69) is 31.1 Å². The molecule has 0 fully saturated rings. The Labute approximate surface area is 130 Å². The summed E-state index contributed by atoms with van der Waals surface area (Å²) in [6.45, 7) is 9.96. The molecule has 0 aliphatic carbocycles. The first-order valence-corrected chi connectivity index (χ1v) is 9.05. The Bertz CT molecular complexity index is 615. The molecule has 1 atom stereocenters. The second kappa shape index (κ2) is 6.41. The van der Waals surface area contributed by atoms with Crippen molar-refractivity contribution in [3.8, 4) is 0 Å². The molecule has 0 radical (unpaired) electrons. The van der Waals surface area contributed by atoms with Crippen LogP contribution in [0, 0.1) is 18.3 Å². The van der Waals surface area contributed by atoms with E-state index in [1.807, 2.05) is 6.92 Å². The lowest BCUT2D eigenvalue weighted by Crippen LogP contribution is -2.18. The molecule has 3 N–H and O–H groups in total. The number of carbonyl (C=O) groups excluding carboxylic acids is 1. The first kappa shape index (κ1) is 18.1. The number of thiazole rings is 1. The van der Waals surface area contributed by atoms with E-state index in [-0.39, 0.29) is 26.6 Å². The van der Waals surface area contributed by atoms with E-state index >= 15 is 0 Å². The van der Waals surface area contributed by atoms with Gasteiger partial charge < -0.3 is 5.32 Å². The average molecular weight is 333 g/mol. The zero-order valence-corrected chi connectivity index (χ0v) is 14.7. The van der Waals surface area contributed by atoms with Crippen molar-refractivity contribution in [2.24, 2.45) is 16.5 Å². The Kier molecular flexibility index (Phi) is 5.51. The number of primary sulfonamides is 1. The molecule has 0 saturated carbocycles. The molecule has 6 nitrogen and oxygen atoms in total. The number of hydrogen-bond donors (Lipinski definition) is 2. The number of amides is 1. The fraction of sp³-hybridized carbons (Fsp3) is 0.692. The smallest absolute Gasteiger partial charge is 0.249 e. The Morgan fingerprint density at radius 2 is 2.00 bits per heavy atom. The molecular formula is C13H23N3O3S2. The highest BCUT2D eigenvalue weighted by atomic mass is 32.2. The van der Waals surface area contributed by atoms with Crippen molar-refractivity contribution in [3.63, 3.8) is 0 Å². The summed E-state index contributed by atoms with van der Waals surface area (Å²) in [5.41, 5.74) is 0.471. The number of nitrogens with zero attached hydrogens (tertiary/aromatic N) is 1. The Morgan fingerprint density at radius 3 is 2.43 bits per heavy atom. The number of anilines is 1. The number of hydrogen-bond acceptors (Lipinski definition) is 5. The molecule has 0 saturated heterocycles. The van der Waals surface area contributed by atoms with Crippen LogP contribution in [0.2, 0.25) is 0 Å². The normalized spacial score (nSPS) is 14.0. The molecule has 120 valence electrons. The van der Waals surface area contributed by atoms with Crippen LogP contribution >= 0.6 is 11.3 Å². The highest BCUT2D eigenvalue weighted by molar-refractivity contribution is 7.91. The average Bonchev–Trinajstić information content (AvgIpc) is 2.54. The van der Waals surface area contributed by atoms with Gasteiger partial charge >= 0.3 is 0 Å². The quantitative estimate of drug-likeness (QED) is 0.864. The molecule has 21 heavy (non-hydrogen) atoms. The van der Waals surface area contributed by atoms with Crippen molar-refractivity contribution in [1.29, 1.82) is 0 Å². The van der Waals surface area contributed by atoms with Gasteiger partial charge in [0.05, 0.1) is 5.69 Å². The summed E-state index contributed by atoms with van der Waals surface area (Å²) >= 11 is 0.879. The maximum absolute atomic E-state index is 12.0. The van der Waals surface area contributed by atoms with E-state index in [0.717, 1.165) is 17.8 Å². The largest absolute Gasteiger partial charge is 0.302 e. The number of aryl methyl sites for hydroxylation is 1. The van der Waals surface area contributed by atoms with Crippen molar-refractivity contribution in [3.05, 3.63) is 5.69 Å². The Hall–Kier alpha value is -0.990. The second-order valence-electron chi connectivity index (χ2n) is 6.56. The first-order chi connectivity index (χ1) is 9.38. The number of nitrogens with one attached hydrogen (secondary N) is 1. The van der Waals surface area contributed by atoms with Crippen LogP contribution in [0.5, 0.6) is 0 Å². The predicted molar refractivity (Wildman–Crippen MR) is 84.7 cm³/mol. The van der Waals surface area contributed by atoms with Crippen molar-refractivity contribution in [2.75, 3.05) is 5.32 Å². The number of aromatic nitrogens is 1. The van der Waals surface area contributed by atoms with Gasteiger partial charge in [-0.25, -0.2) is 18.5 Å². The van der Waals surface area contributed by atoms with Gasteiger partial charge in [-0.3, -0.25) is 4.79 Å². The summed E-state index contributed by atoms with van der Waals surface area (Å²) in [6, 6.07) is 0. The van der Waals surface area contributed by atoms with E-state index in [1.54, 1.807) is 6.92 Å². The number of rotatable bonds is 5. The molecule has 0 bridgehead atoms. The minimum atomic E-state index is -3.79. The monoisotopic (exact) mass is 333 g/mol. The van der Waals surface area contributed by atoms with Crippen LogP contribution in [0.4, 0.5) is 5.13 Å². The molecule has 1 unspecified atom stereocenters. The van der Waals surface area contributed by atoms with Crippen LogP contribution in [-0.4, -0.2) is 19.3 Å². The third kappa shape index (κ3) is 6.11. The fourth-order valence-electron chi connectivity index (χ4n) is 2.30. The summed E-state index contributed by atoms with van der Waals surface area (Å²) < 4.78 is 22.6. The molecule has 0 aliphatic heterocycles. The number of carbonyl (C=O) groups is 1. The number of nitrogens with two attached hydrogens (primary N) is 1. The van der Waals surface area contributed by atoms with Gasteiger partial charge in [-0.1, -0.05) is 39.0 Å². The van der Waals surface area contributed by atoms with E-state index in [9.17, 15) is 13.2 Å². The van der Waals surface area contributed by atoms with Gasteiger partial charge in [0.25, 0.3) is 0 Å². The van der Waals surface area contributed by atoms with Gasteiger partial charge in [0.2, 0.25) is 15.9 Å². The molecule has 1 amide bonds. The van der Waals surface area contributed by atoms with Crippen LogP contribution in [0.3, 0.4) is 0 Å². The molecule has 1 aromatic heterocycles. The first-order valence-electron chi connectivity index (χ1n) is 6.68. The van der Waals surface area contributed by atoms with Gasteiger partial charge in [-0.2, -0.15) is 0 Å². The van der Waals surface area contributed by atoms with Crippen molar-refractivity contribution >= 4 is 32.4 Å². The van der Waals surface area contributed by atoms with Crippen molar-refractivity contribution < 1.29 is 13.2 Å². The van der Waals surface area contributed by atoms with Crippen molar-refractivity contribution in [1.82, 2.24) is 4.98 Å². The summed E-state index contributed by atoms with van der Waals surface area (Å²) in [5.74, 6) is 0.0743. The molecule has 8 heteroatoms. The van der Waals surface area contributed by atoms with E-state index in [1.165, 1.54) is 0 Å². The van der Waals surface area contributed by atoms with E-state index < -0.39 is 10.0 Å². The summed E-state index contributed by atoms with van der Waals surface area (Å²) in [5, 5.41) is 7.99. The van der Waals surface area contributed by atoms with Crippen molar-refractivity contribution in [2.45, 2.75) is 51.7 Å². The van der Waals surface area contributed by atoms with Crippen LogP contribution in [-0.2, 0) is 14.8 Å². The minimum absolute atomic E-state index is 0.0134. The van der Waals surface area contributed by atoms with Gasteiger partial charge in [0.15, 0.2) is 9.34 Å². The SMILES string of the molecule is Cc1nc(NC(=O)CC(C)CC(C)(C)C)sc1S(N)(=O)=O. The van der Waals surface area contributed by atoms with Crippen LogP contribution in [0.15, 0.2) is 4.21 Å².